The van der Waals surface area contributed by atoms with Gasteiger partial charge < -0.3 is 17.2 Å². The maximum Gasteiger partial charge on any atom is 0.276 e. The van der Waals surface area contributed by atoms with Gasteiger partial charge >= 0.3 is 0 Å². The lowest BCUT2D eigenvalue weighted by atomic mass is 10.2. The van der Waals surface area contributed by atoms with E-state index in [1.54, 1.807) is 64.1 Å². The number of nitrogens with one attached hydrogen (secondary N) is 2. The Balaban J connectivity index is 1.48. The van der Waals surface area contributed by atoms with Crippen LogP contribution in [0.5, 0.6) is 0 Å². The molecule has 0 aliphatic carbocycles. The van der Waals surface area contributed by atoms with Crippen LogP contribution in [0.4, 0.5) is 11.9 Å². The van der Waals surface area contributed by atoms with E-state index in [0.717, 1.165) is 0 Å². The summed E-state index contributed by atoms with van der Waals surface area (Å²) >= 11 is 0. The average molecular weight is 733 g/mol. The first-order valence-corrected chi connectivity index (χ1v) is 16.9. The Bertz CT molecular complexity index is 2410. The zero-order valence-corrected chi connectivity index (χ0v) is 30.1. The Hall–Kier alpha value is -7.24. The second-order valence-corrected chi connectivity index (χ2v) is 11.6. The van der Waals surface area contributed by atoms with Crippen molar-refractivity contribution in [1.82, 2.24) is 38.9 Å². The van der Waals surface area contributed by atoms with E-state index < -0.39 is 23.6 Å². The molecular formula is C36H40N14O4. The molecule has 0 atom stereocenters. The lowest BCUT2D eigenvalue weighted by molar-refractivity contribution is -0.110. The van der Waals surface area contributed by atoms with Gasteiger partial charge in [-0.15, -0.1) is 0 Å². The van der Waals surface area contributed by atoms with Gasteiger partial charge in [0.1, 0.15) is 22.4 Å². The normalized spacial score (nSPS) is 12.5. The van der Waals surface area contributed by atoms with Crippen LogP contribution in [0.3, 0.4) is 0 Å². The number of hydrogen-bond donors (Lipinski definition) is 5. The molecule has 5 aromatic rings. The number of pyridine rings is 2. The number of nitrogens with two attached hydrogens (primary N) is 3. The molecule has 0 aromatic carbocycles. The number of aryl methyl sites for hydroxylation is 1. The van der Waals surface area contributed by atoms with Crippen molar-refractivity contribution in [2.24, 2.45) is 22.2 Å². The number of hydrogen-bond acceptors (Lipinski definition) is 11. The van der Waals surface area contributed by atoms with Crippen LogP contribution < -0.4 is 27.8 Å². The molecule has 4 amide bonds. The largest absolute Gasteiger partial charge is 0.399 e. The minimum Gasteiger partial charge on any atom is -0.399 e. The number of rotatable bonds is 15. The zero-order chi connectivity index (χ0) is 38.9. The fourth-order valence-corrected chi connectivity index (χ4v) is 5.38. The molecule has 54 heavy (non-hydrogen) atoms. The molecule has 0 fully saturated rings. The molecule has 0 bridgehead atoms. The van der Waals surface area contributed by atoms with Crippen molar-refractivity contribution in [2.75, 3.05) is 17.2 Å². The molecule has 0 saturated heterocycles. The number of imidazole rings is 2. The van der Waals surface area contributed by atoms with Crippen LogP contribution >= 0.6 is 0 Å². The molecule has 18 nitrogen and oxygen atoms in total. The van der Waals surface area contributed by atoms with Crippen molar-refractivity contribution in [3.05, 3.63) is 95.3 Å². The van der Waals surface area contributed by atoms with Gasteiger partial charge in [-0.1, -0.05) is 24.3 Å². The van der Waals surface area contributed by atoms with E-state index in [1.165, 1.54) is 30.6 Å². The van der Waals surface area contributed by atoms with Gasteiger partial charge in [0.25, 0.3) is 11.8 Å². The number of aromatic nitrogens is 8. The maximum absolute atomic E-state index is 13.5. The molecule has 0 aliphatic rings. The topological polar surface area (TPSA) is 262 Å². The van der Waals surface area contributed by atoms with Crippen LogP contribution in [0.2, 0.25) is 0 Å². The second kappa shape index (κ2) is 16.9. The molecule has 8 N–H and O–H groups in total. The van der Waals surface area contributed by atoms with Crippen molar-refractivity contribution in [3.63, 3.8) is 0 Å². The third kappa shape index (κ3) is 8.44. The third-order valence-corrected chi connectivity index (χ3v) is 7.82. The SMILES string of the molecule is C/C=C/C(N)=C/C(=NCC)C(=O)Nc1nc2cc(C(N)=O)cnc2n1C/C=C/Cn1c(NC(=O)c2cc(/C=C/C)nn2CC)nc2cc(C(N)=O)cnc21. The van der Waals surface area contributed by atoms with Crippen molar-refractivity contribution in [2.45, 2.75) is 47.3 Å². The fraction of sp³-hybridized carbons (Fsp3) is 0.222. The van der Waals surface area contributed by atoms with Crippen LogP contribution in [0.1, 0.15) is 64.6 Å². The van der Waals surface area contributed by atoms with E-state index >= 15 is 0 Å². The molecule has 0 saturated carbocycles. The molecule has 18 heteroatoms. The number of fused-ring (bicyclic) bond motifs is 2. The van der Waals surface area contributed by atoms with E-state index in [9.17, 15) is 19.2 Å². The van der Waals surface area contributed by atoms with Gasteiger partial charge in [0.15, 0.2) is 11.3 Å². The number of primary amides is 2. The summed E-state index contributed by atoms with van der Waals surface area (Å²) in [5.41, 5.74) is 20.1. The number of anilines is 2. The fourth-order valence-electron chi connectivity index (χ4n) is 5.38. The zero-order valence-electron chi connectivity index (χ0n) is 30.1. The summed E-state index contributed by atoms with van der Waals surface area (Å²) in [7, 11) is 0. The highest BCUT2D eigenvalue weighted by Gasteiger charge is 2.21. The smallest absolute Gasteiger partial charge is 0.276 e. The predicted octanol–water partition coefficient (Wildman–Crippen LogP) is 2.95. The first-order valence-electron chi connectivity index (χ1n) is 16.9. The number of aliphatic imine (C=N–C) groups is 1. The molecule has 5 aromatic heterocycles. The highest BCUT2D eigenvalue weighted by atomic mass is 16.2. The van der Waals surface area contributed by atoms with Gasteiger partial charge in [-0.25, -0.2) is 19.9 Å². The Morgan fingerprint density at radius 1 is 0.815 bits per heavy atom. The van der Waals surface area contributed by atoms with Crippen LogP contribution in [0, 0.1) is 0 Å². The standard InChI is InChI=1S/C36H40N14O4/c1-5-11-23(37)17-27(40-7-3)33(53)45-35-43-25-15-21(29(38)51)19-41-31(25)48(35)13-9-10-14-49-32-26(16-22(20-42-32)30(39)52)44-36(49)46-34(54)28-18-24(12-6-2)47-50(28)8-4/h5-6,9-12,15-20H,7-8,13-14,37H2,1-4H3,(H2,38,51)(H2,39,52)(H,43,45,53)(H,44,46,54)/b10-9+,11-5+,12-6+,23-17-,40-27?. The van der Waals surface area contributed by atoms with Gasteiger partial charge in [0.2, 0.25) is 23.7 Å². The summed E-state index contributed by atoms with van der Waals surface area (Å²) < 4.78 is 4.88. The summed E-state index contributed by atoms with van der Waals surface area (Å²) in [5.74, 6) is -2.08. The lowest BCUT2D eigenvalue weighted by Crippen LogP contribution is -2.24. The monoisotopic (exact) mass is 732 g/mol. The van der Waals surface area contributed by atoms with E-state index in [1.807, 2.05) is 19.9 Å². The minimum absolute atomic E-state index is 0.0848. The highest BCUT2D eigenvalue weighted by molar-refractivity contribution is 6.47. The minimum atomic E-state index is -0.684. The average Bonchev–Trinajstić information content (AvgIpc) is 3.82. The van der Waals surface area contributed by atoms with E-state index in [4.69, 9.17) is 17.2 Å². The van der Waals surface area contributed by atoms with Crippen molar-refractivity contribution in [1.29, 1.82) is 0 Å². The Kier molecular flexibility index (Phi) is 11.9. The van der Waals surface area contributed by atoms with Gasteiger partial charge in [0, 0.05) is 44.3 Å². The summed E-state index contributed by atoms with van der Waals surface area (Å²) in [4.78, 5) is 72.9. The number of amides is 4. The first kappa shape index (κ1) is 38.0. The summed E-state index contributed by atoms with van der Waals surface area (Å²) in [6.07, 6.45) is 14.7. The number of carbonyl (C=O) groups excluding carboxylic acids is 4. The molecule has 0 unspecified atom stereocenters. The third-order valence-electron chi connectivity index (χ3n) is 7.82. The van der Waals surface area contributed by atoms with Gasteiger partial charge in [0.05, 0.1) is 16.8 Å². The Morgan fingerprint density at radius 2 is 1.39 bits per heavy atom. The van der Waals surface area contributed by atoms with Crippen molar-refractivity contribution < 1.29 is 19.2 Å². The van der Waals surface area contributed by atoms with Crippen LogP contribution in [0.25, 0.3) is 28.4 Å². The molecule has 0 aliphatic heterocycles. The molecule has 0 radical (unpaired) electrons. The Morgan fingerprint density at radius 3 is 1.89 bits per heavy atom. The number of nitrogens with zero attached hydrogens (tertiary/aromatic N) is 9. The molecular weight excluding hydrogens is 692 g/mol. The number of carbonyl (C=O) groups is 4. The molecule has 5 heterocycles. The Labute approximate surface area is 309 Å². The number of allylic oxidation sites excluding steroid dienone is 5. The molecule has 5 rings (SSSR count). The van der Waals surface area contributed by atoms with Gasteiger partial charge in [-0.05, 0) is 64.1 Å². The van der Waals surface area contributed by atoms with E-state index in [2.05, 4.69) is 40.7 Å². The van der Waals surface area contributed by atoms with Gasteiger partial charge in [-0.3, -0.25) is 48.6 Å². The summed E-state index contributed by atoms with van der Waals surface area (Å²) in [5, 5.41) is 10.1. The predicted molar refractivity (Wildman–Crippen MR) is 205 cm³/mol. The highest BCUT2D eigenvalue weighted by Crippen LogP contribution is 2.22. The van der Waals surface area contributed by atoms with Crippen LogP contribution in [-0.2, 0) is 24.4 Å². The lowest BCUT2D eigenvalue weighted by Gasteiger charge is -2.10. The van der Waals surface area contributed by atoms with Crippen LogP contribution in [0.15, 0.2) is 77.7 Å². The van der Waals surface area contributed by atoms with Gasteiger partial charge in [-0.2, -0.15) is 5.10 Å². The van der Waals surface area contributed by atoms with Crippen LogP contribution in [-0.4, -0.2) is 74.7 Å². The summed E-state index contributed by atoms with van der Waals surface area (Å²) in [6.45, 7) is 8.43. The van der Waals surface area contributed by atoms with Crippen molar-refractivity contribution in [3.8, 4) is 0 Å². The molecule has 278 valence electrons. The van der Waals surface area contributed by atoms with E-state index in [-0.39, 0.29) is 41.8 Å². The van der Waals surface area contributed by atoms with E-state index in [0.29, 0.717) is 52.5 Å². The second-order valence-electron chi connectivity index (χ2n) is 11.6. The first-order chi connectivity index (χ1) is 26.0. The van der Waals surface area contributed by atoms with Crippen molar-refractivity contribution >= 4 is 69.6 Å². The maximum atomic E-state index is 13.5. The quantitative estimate of drug-likeness (QED) is 0.0597. The molecule has 0 spiro atoms. The summed E-state index contributed by atoms with van der Waals surface area (Å²) in [6, 6.07) is 4.65.